The Morgan fingerprint density at radius 1 is 1.15 bits per heavy atom. The van der Waals surface area contributed by atoms with E-state index in [0.29, 0.717) is 35.2 Å². The molecule has 2 aromatic carbocycles. The molecule has 1 atom stereocenters. The number of likely N-dealkylation sites (N-methyl/N-ethyl adjacent to an activating group) is 1. The van der Waals surface area contributed by atoms with Gasteiger partial charge in [-0.3, -0.25) is 9.59 Å². The van der Waals surface area contributed by atoms with E-state index in [1.165, 1.54) is 0 Å². The predicted octanol–water partition coefficient (Wildman–Crippen LogP) is 2.21. The van der Waals surface area contributed by atoms with E-state index in [4.69, 9.17) is 14.2 Å². The molecule has 7 nitrogen and oxygen atoms in total. The molecule has 0 bridgehead atoms. The fraction of sp³-hybridized carbons (Fsp3) is 0.263. The summed E-state index contributed by atoms with van der Waals surface area (Å²) in [7, 11) is 0. The van der Waals surface area contributed by atoms with Gasteiger partial charge in [0.15, 0.2) is 18.1 Å². The minimum absolute atomic E-state index is 0.0270. The number of rotatable bonds is 3. The van der Waals surface area contributed by atoms with Crippen molar-refractivity contribution in [3.8, 4) is 17.2 Å². The zero-order chi connectivity index (χ0) is 18.1. The van der Waals surface area contributed by atoms with Gasteiger partial charge in [0.25, 0.3) is 11.8 Å². The molecule has 134 valence electrons. The lowest BCUT2D eigenvalue weighted by molar-refractivity contribution is -0.125. The lowest BCUT2D eigenvalue weighted by atomic mass is 10.2. The third-order valence-corrected chi connectivity index (χ3v) is 4.29. The Labute approximate surface area is 150 Å². The van der Waals surface area contributed by atoms with E-state index in [1.54, 1.807) is 35.2 Å². The van der Waals surface area contributed by atoms with Crippen molar-refractivity contribution in [2.75, 3.05) is 30.0 Å². The first-order valence-electron chi connectivity index (χ1n) is 8.42. The van der Waals surface area contributed by atoms with Gasteiger partial charge in [0.2, 0.25) is 6.10 Å². The molecule has 26 heavy (non-hydrogen) atoms. The van der Waals surface area contributed by atoms with E-state index >= 15 is 0 Å². The Kier molecular flexibility index (Phi) is 4.12. The second-order valence-electron chi connectivity index (χ2n) is 5.96. The average Bonchev–Trinajstić information content (AvgIpc) is 2.67. The van der Waals surface area contributed by atoms with Crippen molar-refractivity contribution in [2.24, 2.45) is 0 Å². The van der Waals surface area contributed by atoms with E-state index in [2.05, 4.69) is 5.32 Å². The number of hydrogen-bond donors (Lipinski definition) is 1. The molecule has 0 spiro atoms. The van der Waals surface area contributed by atoms with Crippen LogP contribution in [0.15, 0.2) is 42.5 Å². The Balaban J connectivity index is 1.50. The maximum Gasteiger partial charge on any atom is 0.269 e. The molecule has 2 aromatic rings. The fourth-order valence-corrected chi connectivity index (χ4v) is 3.00. The fourth-order valence-electron chi connectivity index (χ4n) is 3.00. The highest BCUT2D eigenvalue weighted by Crippen LogP contribution is 2.35. The smallest absolute Gasteiger partial charge is 0.269 e. The van der Waals surface area contributed by atoms with Crippen LogP contribution in [-0.2, 0) is 9.59 Å². The first kappa shape index (κ1) is 16.3. The number of nitrogens with zero attached hydrogens (tertiary/aromatic N) is 1. The van der Waals surface area contributed by atoms with Gasteiger partial charge < -0.3 is 24.4 Å². The molecule has 0 aromatic heterocycles. The average molecular weight is 354 g/mol. The largest absolute Gasteiger partial charge is 0.485 e. The van der Waals surface area contributed by atoms with Crippen LogP contribution in [-0.4, -0.2) is 37.7 Å². The van der Waals surface area contributed by atoms with E-state index < -0.39 is 6.10 Å². The topological polar surface area (TPSA) is 77.1 Å². The molecule has 2 heterocycles. The van der Waals surface area contributed by atoms with Gasteiger partial charge in [-0.25, -0.2) is 0 Å². The Morgan fingerprint density at radius 2 is 1.96 bits per heavy atom. The molecule has 0 saturated heterocycles. The predicted molar refractivity (Wildman–Crippen MR) is 94.9 cm³/mol. The van der Waals surface area contributed by atoms with E-state index in [1.807, 2.05) is 19.1 Å². The van der Waals surface area contributed by atoms with Crippen molar-refractivity contribution in [1.29, 1.82) is 0 Å². The molecule has 4 rings (SSSR count). The standard InChI is InChI=1S/C19H18N2O5/c1-2-21-13-9-12(7-8-14(13)25-11-18(21)22)20-19(23)17-10-24-15-5-3-4-6-16(15)26-17/h3-9,17H,2,10-11H2,1H3,(H,20,23)/t17-/m1/s1. The molecule has 0 unspecified atom stereocenters. The maximum absolute atomic E-state index is 12.5. The SMILES string of the molecule is CCN1C(=O)COc2ccc(NC(=O)[C@H]3COc4ccccc4O3)cc21. The number of nitrogens with one attached hydrogen (secondary N) is 1. The molecule has 0 fully saturated rings. The number of fused-ring (bicyclic) bond motifs is 2. The molecule has 7 heteroatoms. The van der Waals surface area contributed by atoms with Crippen molar-refractivity contribution in [1.82, 2.24) is 0 Å². The van der Waals surface area contributed by atoms with Gasteiger partial charge in [-0.2, -0.15) is 0 Å². The summed E-state index contributed by atoms with van der Waals surface area (Å²) in [6.07, 6.45) is -0.749. The minimum atomic E-state index is -0.749. The van der Waals surface area contributed by atoms with Crippen LogP contribution in [0, 0.1) is 0 Å². The van der Waals surface area contributed by atoms with E-state index in [9.17, 15) is 9.59 Å². The summed E-state index contributed by atoms with van der Waals surface area (Å²) in [5, 5.41) is 2.81. The first-order valence-corrected chi connectivity index (χ1v) is 8.42. The number of carbonyl (C=O) groups is 2. The van der Waals surface area contributed by atoms with Crippen molar-refractivity contribution in [2.45, 2.75) is 13.0 Å². The molecule has 0 saturated carbocycles. The van der Waals surface area contributed by atoms with Gasteiger partial charge >= 0.3 is 0 Å². The van der Waals surface area contributed by atoms with Crippen LogP contribution in [0.2, 0.25) is 0 Å². The second-order valence-corrected chi connectivity index (χ2v) is 5.96. The summed E-state index contributed by atoms with van der Waals surface area (Å²) < 4.78 is 16.7. The first-order chi connectivity index (χ1) is 12.7. The maximum atomic E-state index is 12.5. The van der Waals surface area contributed by atoms with Gasteiger partial charge in [0.1, 0.15) is 12.4 Å². The van der Waals surface area contributed by atoms with Crippen LogP contribution in [0.25, 0.3) is 0 Å². The van der Waals surface area contributed by atoms with Gasteiger partial charge in [0, 0.05) is 12.2 Å². The number of anilines is 2. The number of hydrogen-bond acceptors (Lipinski definition) is 5. The second kappa shape index (κ2) is 6.59. The van der Waals surface area contributed by atoms with Crippen LogP contribution in [0.1, 0.15) is 6.92 Å². The van der Waals surface area contributed by atoms with Crippen LogP contribution in [0.3, 0.4) is 0 Å². The summed E-state index contributed by atoms with van der Waals surface area (Å²) in [4.78, 5) is 26.1. The van der Waals surface area contributed by atoms with Gasteiger partial charge in [-0.1, -0.05) is 12.1 Å². The van der Waals surface area contributed by atoms with Crippen LogP contribution in [0.5, 0.6) is 17.2 Å². The molecule has 0 radical (unpaired) electrons. The zero-order valence-electron chi connectivity index (χ0n) is 14.2. The Hall–Kier alpha value is -3.22. The van der Waals surface area contributed by atoms with Crippen molar-refractivity contribution in [3.63, 3.8) is 0 Å². The highest BCUT2D eigenvalue weighted by molar-refractivity contribution is 6.00. The molecule has 2 aliphatic heterocycles. The normalized spacial score (nSPS) is 18.0. The van der Waals surface area contributed by atoms with Gasteiger partial charge in [0.05, 0.1) is 5.69 Å². The molecular formula is C19H18N2O5. The highest BCUT2D eigenvalue weighted by atomic mass is 16.6. The molecule has 2 amide bonds. The molecular weight excluding hydrogens is 336 g/mol. The quantitative estimate of drug-likeness (QED) is 0.914. The van der Waals surface area contributed by atoms with E-state index in [-0.39, 0.29) is 25.0 Å². The Morgan fingerprint density at radius 3 is 2.77 bits per heavy atom. The van der Waals surface area contributed by atoms with Gasteiger partial charge in [-0.15, -0.1) is 0 Å². The monoisotopic (exact) mass is 354 g/mol. The summed E-state index contributed by atoms with van der Waals surface area (Å²) in [5.41, 5.74) is 1.21. The number of benzene rings is 2. The summed E-state index contributed by atoms with van der Waals surface area (Å²) in [6.45, 7) is 2.58. The van der Waals surface area contributed by atoms with Crippen molar-refractivity contribution < 1.29 is 23.8 Å². The third kappa shape index (κ3) is 2.92. The third-order valence-electron chi connectivity index (χ3n) is 4.29. The molecule has 2 aliphatic rings. The number of ether oxygens (including phenoxy) is 3. The van der Waals surface area contributed by atoms with Crippen molar-refractivity contribution >= 4 is 23.2 Å². The number of para-hydroxylation sites is 2. The minimum Gasteiger partial charge on any atom is -0.485 e. The lowest BCUT2D eigenvalue weighted by Crippen LogP contribution is -2.40. The molecule has 1 N–H and O–H groups in total. The van der Waals surface area contributed by atoms with Crippen LogP contribution < -0.4 is 24.4 Å². The Bertz CT molecular complexity index is 867. The highest BCUT2D eigenvalue weighted by Gasteiger charge is 2.28. The van der Waals surface area contributed by atoms with Crippen LogP contribution in [0.4, 0.5) is 11.4 Å². The summed E-state index contributed by atoms with van der Waals surface area (Å²) in [6, 6.07) is 12.4. The zero-order valence-corrected chi connectivity index (χ0v) is 14.2. The summed E-state index contributed by atoms with van der Waals surface area (Å²) in [5.74, 6) is 1.37. The molecule has 0 aliphatic carbocycles. The number of carbonyl (C=O) groups excluding carboxylic acids is 2. The lowest BCUT2D eigenvalue weighted by Gasteiger charge is -2.29. The van der Waals surface area contributed by atoms with Gasteiger partial charge in [-0.05, 0) is 37.3 Å². The summed E-state index contributed by atoms with van der Waals surface area (Å²) >= 11 is 0. The number of amides is 2. The van der Waals surface area contributed by atoms with E-state index in [0.717, 1.165) is 0 Å². The van der Waals surface area contributed by atoms with Crippen LogP contribution >= 0.6 is 0 Å². The van der Waals surface area contributed by atoms with Crippen molar-refractivity contribution in [3.05, 3.63) is 42.5 Å².